The number of rotatable bonds is 4. The fourth-order valence-electron chi connectivity index (χ4n) is 2.86. The minimum absolute atomic E-state index is 0.133. The topological polar surface area (TPSA) is 34.1 Å². The van der Waals surface area contributed by atoms with Crippen molar-refractivity contribution in [2.45, 2.75) is 18.3 Å². The number of nitrogens with one attached hydrogen (secondary N) is 1. The van der Waals surface area contributed by atoms with Crippen LogP contribution in [0.5, 0.6) is 0 Å². The summed E-state index contributed by atoms with van der Waals surface area (Å²) in [5.41, 5.74) is 1.52. The van der Waals surface area contributed by atoms with E-state index in [9.17, 15) is 0 Å². The van der Waals surface area contributed by atoms with Gasteiger partial charge in [0.05, 0.1) is 0 Å². The van der Waals surface area contributed by atoms with Crippen LogP contribution >= 0.6 is 15.9 Å². The lowest BCUT2D eigenvalue weighted by atomic mass is 9.74. The number of nitrogens with zero attached hydrogens (tertiary/aromatic N) is 1. The van der Waals surface area contributed by atoms with E-state index in [1.54, 1.807) is 0 Å². The van der Waals surface area contributed by atoms with Gasteiger partial charge in [-0.3, -0.25) is 0 Å². The molecular weight excluding hydrogens is 328 g/mol. The highest BCUT2D eigenvalue weighted by molar-refractivity contribution is 9.10. The van der Waals surface area contributed by atoms with Crippen molar-refractivity contribution < 1.29 is 4.74 Å². The molecule has 3 rings (SSSR count). The number of benzene rings is 1. The van der Waals surface area contributed by atoms with Gasteiger partial charge in [-0.05, 0) is 46.5 Å². The van der Waals surface area contributed by atoms with Crippen molar-refractivity contribution in [3.05, 3.63) is 58.7 Å². The molecule has 0 aliphatic carbocycles. The van der Waals surface area contributed by atoms with Crippen molar-refractivity contribution in [1.29, 1.82) is 0 Å². The van der Waals surface area contributed by atoms with Crippen molar-refractivity contribution in [1.82, 2.24) is 4.98 Å². The average molecular weight is 347 g/mol. The van der Waals surface area contributed by atoms with Gasteiger partial charge < -0.3 is 10.1 Å². The molecule has 2 heterocycles. The maximum absolute atomic E-state index is 5.56. The van der Waals surface area contributed by atoms with Gasteiger partial charge in [0.2, 0.25) is 0 Å². The zero-order valence-corrected chi connectivity index (χ0v) is 13.5. The van der Waals surface area contributed by atoms with Crippen LogP contribution in [0.25, 0.3) is 0 Å². The summed E-state index contributed by atoms with van der Waals surface area (Å²) in [5, 5.41) is 3.49. The van der Waals surface area contributed by atoms with Crippen LogP contribution in [-0.2, 0) is 10.2 Å². The highest BCUT2D eigenvalue weighted by Gasteiger charge is 2.34. The summed E-state index contributed by atoms with van der Waals surface area (Å²) in [4.78, 5) is 4.40. The van der Waals surface area contributed by atoms with Crippen molar-refractivity contribution in [2.75, 3.05) is 25.1 Å². The molecule has 4 heteroatoms. The minimum atomic E-state index is 0.133. The van der Waals surface area contributed by atoms with Crippen LogP contribution in [0.1, 0.15) is 18.4 Å². The number of pyridine rings is 1. The molecule has 1 aromatic carbocycles. The normalized spacial score (nSPS) is 17.4. The van der Waals surface area contributed by atoms with Crippen LogP contribution < -0.4 is 5.32 Å². The molecule has 0 spiro atoms. The van der Waals surface area contributed by atoms with Crippen LogP contribution in [0.15, 0.2) is 53.1 Å². The Morgan fingerprint density at radius 1 is 1.10 bits per heavy atom. The first-order chi connectivity index (χ1) is 10.3. The van der Waals surface area contributed by atoms with E-state index in [1.807, 2.05) is 18.3 Å². The summed E-state index contributed by atoms with van der Waals surface area (Å²) in [6.07, 6.45) is 3.91. The van der Waals surface area contributed by atoms with E-state index in [0.717, 1.165) is 42.9 Å². The molecule has 1 fully saturated rings. The Kier molecular flexibility index (Phi) is 4.56. The molecule has 1 N–H and O–H groups in total. The lowest BCUT2D eigenvalue weighted by Crippen LogP contribution is -2.40. The molecule has 1 aliphatic heterocycles. The molecule has 0 atom stereocenters. The highest BCUT2D eigenvalue weighted by Crippen LogP contribution is 2.34. The Bertz CT molecular complexity index is 565. The maximum atomic E-state index is 5.56. The Labute approximate surface area is 133 Å². The summed E-state index contributed by atoms with van der Waals surface area (Å²) in [6, 6.07) is 14.8. The minimum Gasteiger partial charge on any atom is -0.381 e. The first kappa shape index (κ1) is 14.5. The van der Waals surface area contributed by atoms with E-state index in [4.69, 9.17) is 4.74 Å². The van der Waals surface area contributed by atoms with E-state index in [2.05, 4.69) is 56.6 Å². The molecule has 1 aromatic heterocycles. The third kappa shape index (κ3) is 3.44. The average Bonchev–Trinajstić information content (AvgIpc) is 2.56. The summed E-state index contributed by atoms with van der Waals surface area (Å²) < 4.78 is 6.56. The summed E-state index contributed by atoms with van der Waals surface area (Å²) >= 11 is 3.41. The molecule has 1 saturated heterocycles. The van der Waals surface area contributed by atoms with Crippen molar-refractivity contribution >= 4 is 21.7 Å². The number of halogens is 1. The fourth-order valence-corrected chi connectivity index (χ4v) is 3.10. The second-order valence-corrected chi connectivity index (χ2v) is 6.39. The third-order valence-corrected chi connectivity index (χ3v) is 4.64. The summed E-state index contributed by atoms with van der Waals surface area (Å²) in [7, 11) is 0. The fraction of sp³-hybridized carbons (Fsp3) is 0.353. The highest BCUT2D eigenvalue weighted by atomic mass is 79.9. The first-order valence-electron chi connectivity index (χ1n) is 7.27. The summed E-state index contributed by atoms with van der Waals surface area (Å²) in [5.74, 6) is 0.917. The van der Waals surface area contributed by atoms with E-state index < -0.39 is 0 Å². The molecule has 0 unspecified atom stereocenters. The van der Waals surface area contributed by atoms with Gasteiger partial charge in [0.1, 0.15) is 5.82 Å². The molecule has 0 amide bonds. The SMILES string of the molecule is Brc1ccc(NCC2(c3ccccc3)CCOCC2)nc1. The lowest BCUT2D eigenvalue weighted by Gasteiger charge is -2.38. The zero-order valence-electron chi connectivity index (χ0n) is 11.9. The van der Waals surface area contributed by atoms with Crippen molar-refractivity contribution in [3.63, 3.8) is 0 Å². The van der Waals surface area contributed by atoms with E-state index in [-0.39, 0.29) is 5.41 Å². The molecule has 0 bridgehead atoms. The molecule has 3 nitrogen and oxygen atoms in total. The van der Waals surface area contributed by atoms with Crippen LogP contribution in [-0.4, -0.2) is 24.7 Å². The second kappa shape index (κ2) is 6.58. The molecule has 0 radical (unpaired) electrons. The number of aromatic nitrogens is 1. The largest absolute Gasteiger partial charge is 0.381 e. The van der Waals surface area contributed by atoms with Crippen LogP contribution in [0.2, 0.25) is 0 Å². The van der Waals surface area contributed by atoms with Gasteiger partial charge in [-0.25, -0.2) is 4.98 Å². The molecule has 2 aromatic rings. The molecule has 21 heavy (non-hydrogen) atoms. The predicted octanol–water partition coefficient (Wildman–Crippen LogP) is 4.00. The number of anilines is 1. The van der Waals surface area contributed by atoms with Crippen molar-refractivity contribution in [3.8, 4) is 0 Å². The smallest absolute Gasteiger partial charge is 0.125 e. The first-order valence-corrected chi connectivity index (χ1v) is 8.07. The van der Waals surface area contributed by atoms with Crippen molar-refractivity contribution in [2.24, 2.45) is 0 Å². The lowest BCUT2D eigenvalue weighted by molar-refractivity contribution is 0.0543. The van der Waals surface area contributed by atoms with Crippen LogP contribution in [0.4, 0.5) is 5.82 Å². The second-order valence-electron chi connectivity index (χ2n) is 5.47. The molecule has 1 aliphatic rings. The Morgan fingerprint density at radius 3 is 2.52 bits per heavy atom. The van der Waals surface area contributed by atoms with Gasteiger partial charge in [0, 0.05) is 35.8 Å². The van der Waals surface area contributed by atoms with E-state index >= 15 is 0 Å². The Morgan fingerprint density at radius 2 is 1.86 bits per heavy atom. The summed E-state index contributed by atoms with van der Waals surface area (Å²) in [6.45, 7) is 2.53. The van der Waals surface area contributed by atoms with Crippen LogP contribution in [0, 0.1) is 0 Å². The number of ether oxygens (including phenoxy) is 1. The monoisotopic (exact) mass is 346 g/mol. The third-order valence-electron chi connectivity index (χ3n) is 4.17. The predicted molar refractivity (Wildman–Crippen MR) is 88.6 cm³/mol. The molecule has 0 saturated carbocycles. The van der Waals surface area contributed by atoms with E-state index in [0.29, 0.717) is 0 Å². The van der Waals surface area contributed by atoms with Gasteiger partial charge in [-0.15, -0.1) is 0 Å². The maximum Gasteiger partial charge on any atom is 0.125 e. The Hall–Kier alpha value is -1.39. The van der Waals surface area contributed by atoms with Gasteiger partial charge in [0.15, 0.2) is 0 Å². The standard InChI is InChI=1S/C17H19BrN2O/c18-15-6-7-16(19-12-15)20-13-17(8-10-21-11-9-17)14-4-2-1-3-5-14/h1-7,12H,8-11,13H2,(H,19,20). The quantitative estimate of drug-likeness (QED) is 0.908. The van der Waals surface area contributed by atoms with Gasteiger partial charge >= 0.3 is 0 Å². The number of hydrogen-bond donors (Lipinski definition) is 1. The van der Waals surface area contributed by atoms with Gasteiger partial charge in [-0.1, -0.05) is 30.3 Å². The zero-order chi connectivity index (χ0) is 14.5. The van der Waals surface area contributed by atoms with Crippen LogP contribution in [0.3, 0.4) is 0 Å². The van der Waals surface area contributed by atoms with Gasteiger partial charge in [-0.2, -0.15) is 0 Å². The Balaban J connectivity index is 1.78. The van der Waals surface area contributed by atoms with Gasteiger partial charge in [0.25, 0.3) is 0 Å². The van der Waals surface area contributed by atoms with E-state index in [1.165, 1.54) is 5.56 Å². The molecule has 110 valence electrons. The molecular formula is C17H19BrN2O. The number of hydrogen-bond acceptors (Lipinski definition) is 3.